The number of hydrogen-bond donors (Lipinski definition) is 3. The van der Waals surface area contributed by atoms with Crippen LogP contribution in [0.15, 0.2) is 59.5 Å². The molecule has 0 fully saturated rings. The van der Waals surface area contributed by atoms with Gasteiger partial charge in [0, 0.05) is 17.8 Å². The van der Waals surface area contributed by atoms with Gasteiger partial charge in [0.1, 0.15) is 22.3 Å². The Labute approximate surface area is 199 Å². The molecule has 0 aliphatic carbocycles. The third kappa shape index (κ3) is 8.21. The number of rotatable bonds is 11. The Balaban J connectivity index is 2.32. The van der Waals surface area contributed by atoms with Crippen molar-refractivity contribution in [3.05, 3.63) is 54.6 Å². The summed E-state index contributed by atoms with van der Waals surface area (Å²) in [6.07, 6.45) is -5.04. The van der Waals surface area contributed by atoms with E-state index >= 15 is 0 Å². The molecule has 1 amide bonds. The predicted molar refractivity (Wildman–Crippen MR) is 121 cm³/mol. The third-order valence-electron chi connectivity index (χ3n) is 4.29. The molecule has 2 rings (SSSR count). The molecule has 2 aromatic rings. The van der Waals surface area contributed by atoms with Crippen LogP contribution in [0.5, 0.6) is 11.5 Å². The number of halogens is 3. The molecule has 0 saturated heterocycles. The first-order valence-electron chi connectivity index (χ1n) is 10.1. The summed E-state index contributed by atoms with van der Waals surface area (Å²) in [6.45, 7) is 6.81. The maximum absolute atomic E-state index is 12.9. The summed E-state index contributed by atoms with van der Waals surface area (Å²) < 4.78 is 74.5. The second kappa shape index (κ2) is 11.1. The van der Waals surface area contributed by atoms with Gasteiger partial charge in [-0.1, -0.05) is 11.6 Å². The van der Waals surface area contributed by atoms with Crippen LogP contribution < -0.4 is 19.5 Å². The molecule has 1 unspecified atom stereocenters. The molecular weight excluding hydrogens is 493 g/mol. The van der Waals surface area contributed by atoms with E-state index < -0.39 is 39.9 Å². The Morgan fingerprint density at radius 2 is 1.83 bits per heavy atom. The molecule has 2 aromatic carbocycles. The van der Waals surface area contributed by atoms with Crippen molar-refractivity contribution in [1.29, 1.82) is 0 Å². The molecular formula is C22H23F3N2O7S. The number of carboxylic acids is 1. The van der Waals surface area contributed by atoms with E-state index in [0.717, 1.165) is 18.2 Å². The van der Waals surface area contributed by atoms with Gasteiger partial charge in [0.05, 0.1) is 12.3 Å². The molecule has 0 heterocycles. The maximum Gasteiger partial charge on any atom is 0.573 e. The van der Waals surface area contributed by atoms with Crippen molar-refractivity contribution in [3.8, 4) is 11.5 Å². The molecule has 0 saturated carbocycles. The van der Waals surface area contributed by atoms with Crippen molar-refractivity contribution in [2.75, 3.05) is 16.6 Å². The third-order valence-corrected chi connectivity index (χ3v) is 5.71. The van der Waals surface area contributed by atoms with Crippen LogP contribution in [0.3, 0.4) is 0 Å². The van der Waals surface area contributed by atoms with E-state index in [2.05, 4.69) is 21.4 Å². The van der Waals surface area contributed by atoms with Crippen molar-refractivity contribution in [1.82, 2.24) is 0 Å². The minimum absolute atomic E-state index is 0.0439. The van der Waals surface area contributed by atoms with E-state index in [4.69, 9.17) is 4.74 Å². The van der Waals surface area contributed by atoms with E-state index in [-0.39, 0.29) is 35.0 Å². The molecule has 13 heteroatoms. The topological polar surface area (TPSA) is 131 Å². The number of alkyl halides is 3. The highest BCUT2D eigenvalue weighted by molar-refractivity contribution is 7.92. The van der Waals surface area contributed by atoms with Gasteiger partial charge in [-0.15, -0.1) is 19.8 Å². The van der Waals surface area contributed by atoms with E-state index in [9.17, 15) is 36.3 Å². The molecule has 0 aliphatic rings. The zero-order valence-electron chi connectivity index (χ0n) is 18.7. The highest BCUT2D eigenvalue weighted by Gasteiger charge is 2.31. The fourth-order valence-electron chi connectivity index (χ4n) is 2.91. The average molecular weight is 516 g/mol. The summed E-state index contributed by atoms with van der Waals surface area (Å²) >= 11 is 0. The first-order valence-corrected chi connectivity index (χ1v) is 11.5. The first kappa shape index (κ1) is 27.5. The number of ether oxygens (including phenoxy) is 2. The van der Waals surface area contributed by atoms with E-state index in [1.807, 2.05) is 0 Å². The van der Waals surface area contributed by atoms with Crippen LogP contribution in [0.1, 0.15) is 20.3 Å². The number of sulfonamides is 1. The van der Waals surface area contributed by atoms with Gasteiger partial charge in [0.2, 0.25) is 5.91 Å². The predicted octanol–water partition coefficient (Wildman–Crippen LogP) is 4.39. The smallest absolute Gasteiger partial charge is 0.492 e. The highest BCUT2D eigenvalue weighted by atomic mass is 32.2. The molecule has 0 aromatic heterocycles. The summed E-state index contributed by atoms with van der Waals surface area (Å²) in [4.78, 5) is 23.5. The zero-order valence-corrected chi connectivity index (χ0v) is 19.5. The van der Waals surface area contributed by atoms with Crippen LogP contribution in [0.25, 0.3) is 0 Å². The fraction of sp³-hybridized carbons (Fsp3) is 0.273. The molecule has 1 atom stereocenters. The van der Waals surface area contributed by atoms with Crippen LogP contribution in [-0.4, -0.2) is 38.4 Å². The standard InChI is InChI=1S/C22H23F3N2O7S/c1-4-33-18-12-14(26-20(28)17(21(29)30)10-13(2)3)8-9-19(18)35(31,32)27-15-6-5-7-16(11-15)34-22(23,24)25/h5-9,11-12,17,27H,2,4,10H2,1,3H3,(H,26,28)(H,29,30). The molecule has 0 bridgehead atoms. The van der Waals surface area contributed by atoms with Gasteiger partial charge in [0.15, 0.2) is 0 Å². The SMILES string of the molecule is C=C(C)CC(C(=O)O)C(=O)Nc1ccc(S(=O)(=O)Nc2cccc(OC(F)(F)F)c2)c(OCC)c1. The zero-order chi connectivity index (χ0) is 26.4. The maximum atomic E-state index is 12.9. The quantitative estimate of drug-likeness (QED) is 0.298. The van der Waals surface area contributed by atoms with Crippen molar-refractivity contribution in [2.24, 2.45) is 5.92 Å². The molecule has 0 aliphatic heterocycles. The minimum atomic E-state index is -4.95. The highest BCUT2D eigenvalue weighted by Crippen LogP contribution is 2.31. The van der Waals surface area contributed by atoms with Gasteiger partial charge < -0.3 is 19.9 Å². The van der Waals surface area contributed by atoms with Gasteiger partial charge in [-0.05, 0) is 44.5 Å². The lowest BCUT2D eigenvalue weighted by Crippen LogP contribution is -2.29. The number of nitrogens with one attached hydrogen (secondary N) is 2. The molecule has 3 N–H and O–H groups in total. The number of carbonyl (C=O) groups is 2. The van der Waals surface area contributed by atoms with Gasteiger partial charge in [-0.2, -0.15) is 0 Å². The Morgan fingerprint density at radius 1 is 1.14 bits per heavy atom. The molecule has 0 radical (unpaired) electrons. The second-order valence-corrected chi connectivity index (χ2v) is 8.97. The minimum Gasteiger partial charge on any atom is -0.492 e. The van der Waals surface area contributed by atoms with Crippen molar-refractivity contribution in [3.63, 3.8) is 0 Å². The van der Waals surface area contributed by atoms with Crippen molar-refractivity contribution in [2.45, 2.75) is 31.5 Å². The van der Waals surface area contributed by atoms with Crippen LogP contribution in [0, 0.1) is 5.92 Å². The number of benzene rings is 2. The molecule has 9 nitrogen and oxygen atoms in total. The van der Waals surface area contributed by atoms with Crippen molar-refractivity contribution >= 4 is 33.3 Å². The fourth-order valence-corrected chi connectivity index (χ4v) is 4.09. The van der Waals surface area contributed by atoms with E-state index in [1.165, 1.54) is 24.3 Å². The molecule has 190 valence electrons. The summed E-state index contributed by atoms with van der Waals surface area (Å²) in [5.41, 5.74) is 0.362. The number of allylic oxidation sites excluding steroid dienone is 1. The summed E-state index contributed by atoms with van der Waals surface area (Å²) in [5.74, 6) is -4.39. The Bertz CT molecular complexity index is 1210. The lowest BCUT2D eigenvalue weighted by atomic mass is 10.0. The Morgan fingerprint density at radius 3 is 2.40 bits per heavy atom. The first-order chi connectivity index (χ1) is 16.2. The number of hydrogen-bond acceptors (Lipinski definition) is 6. The largest absolute Gasteiger partial charge is 0.573 e. The van der Waals surface area contributed by atoms with Gasteiger partial charge in [-0.3, -0.25) is 14.3 Å². The lowest BCUT2D eigenvalue weighted by Gasteiger charge is -2.16. The lowest BCUT2D eigenvalue weighted by molar-refractivity contribution is -0.274. The van der Waals surface area contributed by atoms with Crippen LogP contribution in [0.4, 0.5) is 24.5 Å². The average Bonchev–Trinajstić information content (AvgIpc) is 2.70. The molecule has 35 heavy (non-hydrogen) atoms. The number of amides is 1. The Kier molecular flexibility index (Phi) is 8.74. The number of carboxylic acid groups (broad SMARTS) is 1. The Hall–Kier alpha value is -3.74. The van der Waals surface area contributed by atoms with Crippen LogP contribution in [0.2, 0.25) is 0 Å². The van der Waals surface area contributed by atoms with Gasteiger partial charge in [-0.25, -0.2) is 8.42 Å². The number of anilines is 2. The number of carbonyl (C=O) groups excluding carboxylic acids is 1. The van der Waals surface area contributed by atoms with E-state index in [0.29, 0.717) is 5.57 Å². The van der Waals surface area contributed by atoms with E-state index in [1.54, 1.807) is 13.8 Å². The van der Waals surface area contributed by atoms with Gasteiger partial charge >= 0.3 is 12.3 Å². The van der Waals surface area contributed by atoms with Crippen LogP contribution >= 0.6 is 0 Å². The normalized spacial score (nSPS) is 12.4. The van der Waals surface area contributed by atoms with Gasteiger partial charge in [0.25, 0.3) is 10.0 Å². The summed E-state index contributed by atoms with van der Waals surface area (Å²) in [6, 6.07) is 7.78. The second-order valence-electron chi connectivity index (χ2n) is 7.32. The monoisotopic (exact) mass is 516 g/mol. The number of aliphatic carboxylic acids is 1. The summed E-state index contributed by atoms with van der Waals surface area (Å²) in [7, 11) is -4.35. The molecule has 0 spiro atoms. The van der Waals surface area contributed by atoms with Crippen molar-refractivity contribution < 1.29 is 45.8 Å². The summed E-state index contributed by atoms with van der Waals surface area (Å²) in [5, 5.41) is 11.7. The van der Waals surface area contributed by atoms with Crippen LogP contribution in [-0.2, 0) is 19.6 Å².